The molecule has 0 bridgehead atoms. The SMILES string of the molecule is CCC[C@H](N)OC(C)(C)C. The maximum atomic E-state index is 5.65. The highest BCUT2D eigenvalue weighted by molar-refractivity contribution is 4.61. The van der Waals surface area contributed by atoms with E-state index in [0.717, 1.165) is 12.8 Å². The van der Waals surface area contributed by atoms with E-state index in [-0.39, 0.29) is 11.8 Å². The van der Waals surface area contributed by atoms with Crippen molar-refractivity contribution in [3.8, 4) is 0 Å². The van der Waals surface area contributed by atoms with Gasteiger partial charge in [-0.2, -0.15) is 0 Å². The Morgan fingerprint density at radius 3 is 2.20 bits per heavy atom. The van der Waals surface area contributed by atoms with E-state index in [1.165, 1.54) is 0 Å². The molecular formula is C8H19NO. The van der Waals surface area contributed by atoms with Crippen LogP contribution in [0.5, 0.6) is 0 Å². The molecule has 2 N–H and O–H groups in total. The highest BCUT2D eigenvalue weighted by Gasteiger charge is 2.14. The van der Waals surface area contributed by atoms with Crippen molar-refractivity contribution >= 4 is 0 Å². The molecule has 0 heterocycles. The summed E-state index contributed by atoms with van der Waals surface area (Å²) in [5.74, 6) is 0. The Hall–Kier alpha value is -0.0800. The first-order valence-electron chi connectivity index (χ1n) is 3.89. The minimum atomic E-state index is -0.103. The van der Waals surface area contributed by atoms with Crippen LogP contribution < -0.4 is 5.73 Å². The summed E-state index contributed by atoms with van der Waals surface area (Å²) < 4.78 is 5.46. The molecule has 0 unspecified atom stereocenters. The van der Waals surface area contributed by atoms with E-state index in [9.17, 15) is 0 Å². The van der Waals surface area contributed by atoms with Gasteiger partial charge in [-0.3, -0.25) is 0 Å². The lowest BCUT2D eigenvalue weighted by atomic mass is 10.2. The second-order valence-corrected chi connectivity index (χ2v) is 3.56. The van der Waals surface area contributed by atoms with Gasteiger partial charge in [0.05, 0.1) is 5.60 Å². The van der Waals surface area contributed by atoms with Crippen molar-refractivity contribution in [2.75, 3.05) is 0 Å². The maximum Gasteiger partial charge on any atom is 0.106 e. The van der Waals surface area contributed by atoms with E-state index < -0.39 is 0 Å². The molecule has 0 saturated carbocycles. The van der Waals surface area contributed by atoms with E-state index in [0.29, 0.717) is 0 Å². The normalized spacial score (nSPS) is 15.3. The molecule has 0 radical (unpaired) electrons. The van der Waals surface area contributed by atoms with Crippen LogP contribution in [0.2, 0.25) is 0 Å². The summed E-state index contributed by atoms with van der Waals surface area (Å²) in [5.41, 5.74) is 5.55. The van der Waals surface area contributed by atoms with Crippen molar-refractivity contribution in [3.63, 3.8) is 0 Å². The monoisotopic (exact) mass is 145 g/mol. The highest BCUT2D eigenvalue weighted by Crippen LogP contribution is 2.10. The Kier molecular flexibility index (Phi) is 3.91. The lowest BCUT2D eigenvalue weighted by Gasteiger charge is -2.24. The molecule has 2 nitrogen and oxygen atoms in total. The smallest absolute Gasteiger partial charge is 0.106 e. The fraction of sp³-hybridized carbons (Fsp3) is 1.00. The van der Waals surface area contributed by atoms with Gasteiger partial charge in [0.15, 0.2) is 0 Å². The Bertz CT molecular complexity index is 85.7. The molecule has 0 spiro atoms. The van der Waals surface area contributed by atoms with Gasteiger partial charge in [-0.25, -0.2) is 0 Å². The summed E-state index contributed by atoms with van der Waals surface area (Å²) in [6.07, 6.45) is 1.93. The molecule has 0 aromatic rings. The van der Waals surface area contributed by atoms with E-state index in [4.69, 9.17) is 10.5 Å². The number of nitrogens with two attached hydrogens (primary N) is 1. The van der Waals surface area contributed by atoms with Crippen LogP contribution in [0.3, 0.4) is 0 Å². The molecule has 0 fully saturated rings. The lowest BCUT2D eigenvalue weighted by Crippen LogP contribution is -2.33. The van der Waals surface area contributed by atoms with Crippen LogP contribution >= 0.6 is 0 Å². The highest BCUT2D eigenvalue weighted by atomic mass is 16.5. The summed E-state index contributed by atoms with van der Waals surface area (Å²) in [4.78, 5) is 0. The van der Waals surface area contributed by atoms with Crippen LogP contribution in [0.1, 0.15) is 40.5 Å². The fourth-order valence-electron chi connectivity index (χ4n) is 0.798. The average molecular weight is 145 g/mol. The third-order valence-electron chi connectivity index (χ3n) is 1.08. The summed E-state index contributed by atoms with van der Waals surface area (Å²) in [6, 6.07) is 0. The van der Waals surface area contributed by atoms with Crippen molar-refractivity contribution in [1.82, 2.24) is 0 Å². The quantitative estimate of drug-likeness (QED) is 0.615. The zero-order valence-corrected chi connectivity index (χ0v) is 7.48. The minimum Gasteiger partial charge on any atom is -0.358 e. The molecule has 0 aromatic heterocycles. The molecule has 1 atom stereocenters. The van der Waals surface area contributed by atoms with Crippen LogP contribution in [0.25, 0.3) is 0 Å². The van der Waals surface area contributed by atoms with E-state index in [1.54, 1.807) is 0 Å². The Balaban J connectivity index is 3.47. The second kappa shape index (κ2) is 3.94. The first kappa shape index (κ1) is 9.92. The minimum absolute atomic E-state index is 0.0926. The van der Waals surface area contributed by atoms with Crippen molar-refractivity contribution in [2.45, 2.75) is 52.4 Å². The molecule has 0 aliphatic rings. The Morgan fingerprint density at radius 2 is 1.90 bits per heavy atom. The zero-order chi connectivity index (χ0) is 8.20. The summed E-state index contributed by atoms with van der Waals surface area (Å²) in [5, 5.41) is 0. The molecule has 10 heavy (non-hydrogen) atoms. The van der Waals surface area contributed by atoms with Crippen LogP contribution in [0.15, 0.2) is 0 Å². The molecule has 0 saturated heterocycles. The van der Waals surface area contributed by atoms with Crippen LogP contribution in [-0.4, -0.2) is 11.8 Å². The second-order valence-electron chi connectivity index (χ2n) is 3.56. The standard InChI is InChI=1S/C8H19NO/c1-5-6-7(9)10-8(2,3)4/h7H,5-6,9H2,1-4H3/t7-/m1/s1. The van der Waals surface area contributed by atoms with Gasteiger partial charge < -0.3 is 10.5 Å². The average Bonchev–Trinajstić information content (AvgIpc) is 1.59. The number of rotatable bonds is 3. The largest absolute Gasteiger partial charge is 0.358 e. The van der Waals surface area contributed by atoms with Crippen LogP contribution in [0.4, 0.5) is 0 Å². The van der Waals surface area contributed by atoms with Gasteiger partial charge in [-0.15, -0.1) is 0 Å². The van der Waals surface area contributed by atoms with Gasteiger partial charge in [-0.1, -0.05) is 13.3 Å². The van der Waals surface area contributed by atoms with Crippen LogP contribution in [-0.2, 0) is 4.74 Å². The van der Waals surface area contributed by atoms with Gasteiger partial charge in [0.2, 0.25) is 0 Å². The molecule has 0 rings (SSSR count). The van der Waals surface area contributed by atoms with E-state index in [1.807, 2.05) is 20.8 Å². The topological polar surface area (TPSA) is 35.2 Å². The van der Waals surface area contributed by atoms with Gasteiger partial charge >= 0.3 is 0 Å². The lowest BCUT2D eigenvalue weighted by molar-refractivity contribution is -0.0599. The fourth-order valence-corrected chi connectivity index (χ4v) is 0.798. The third kappa shape index (κ3) is 6.05. The first-order chi connectivity index (χ1) is 4.45. The molecular weight excluding hydrogens is 126 g/mol. The van der Waals surface area contributed by atoms with Crippen molar-refractivity contribution < 1.29 is 4.74 Å². The zero-order valence-electron chi connectivity index (χ0n) is 7.48. The van der Waals surface area contributed by atoms with Gasteiger partial charge in [0.1, 0.15) is 6.23 Å². The van der Waals surface area contributed by atoms with E-state index in [2.05, 4.69) is 6.92 Å². The summed E-state index contributed by atoms with van der Waals surface area (Å²) >= 11 is 0. The first-order valence-corrected chi connectivity index (χ1v) is 3.89. The van der Waals surface area contributed by atoms with Crippen molar-refractivity contribution in [1.29, 1.82) is 0 Å². The molecule has 2 heteroatoms. The Labute approximate surface area is 63.7 Å². The predicted octanol–water partition coefficient (Wildman–Crippen LogP) is 1.89. The molecule has 62 valence electrons. The third-order valence-corrected chi connectivity index (χ3v) is 1.08. The summed E-state index contributed by atoms with van der Waals surface area (Å²) in [6.45, 7) is 8.15. The number of ether oxygens (including phenoxy) is 1. The van der Waals surface area contributed by atoms with E-state index >= 15 is 0 Å². The van der Waals surface area contributed by atoms with Crippen molar-refractivity contribution in [2.24, 2.45) is 5.73 Å². The summed E-state index contributed by atoms with van der Waals surface area (Å²) in [7, 11) is 0. The van der Waals surface area contributed by atoms with Crippen LogP contribution in [0, 0.1) is 0 Å². The molecule has 0 aromatic carbocycles. The molecule has 0 amide bonds. The molecule has 0 aliphatic carbocycles. The van der Waals surface area contributed by atoms with Gasteiger partial charge in [0.25, 0.3) is 0 Å². The number of hydrogen-bond donors (Lipinski definition) is 1. The molecule has 0 aliphatic heterocycles. The van der Waals surface area contributed by atoms with Crippen molar-refractivity contribution in [3.05, 3.63) is 0 Å². The predicted molar refractivity (Wildman–Crippen MR) is 43.7 cm³/mol. The Morgan fingerprint density at radius 1 is 1.40 bits per heavy atom. The van der Waals surface area contributed by atoms with Gasteiger partial charge in [-0.05, 0) is 27.2 Å². The number of hydrogen-bond acceptors (Lipinski definition) is 2. The van der Waals surface area contributed by atoms with Gasteiger partial charge in [0, 0.05) is 0 Å². The maximum absolute atomic E-state index is 5.65.